The topological polar surface area (TPSA) is 285 Å². The second-order valence-corrected chi connectivity index (χ2v) is 21.2. The van der Waals surface area contributed by atoms with Crippen LogP contribution in [-0.2, 0) is 53.4 Å². The van der Waals surface area contributed by atoms with Crippen molar-refractivity contribution in [1.29, 1.82) is 0 Å². The number of amides is 5. The summed E-state index contributed by atoms with van der Waals surface area (Å²) in [5.74, 6) is -3.23. The van der Waals surface area contributed by atoms with Gasteiger partial charge < -0.3 is 35.9 Å². The lowest BCUT2D eigenvalue weighted by Crippen LogP contribution is -2.52. The number of nitrogen functional groups attached to an aromatic ring is 1. The summed E-state index contributed by atoms with van der Waals surface area (Å²) < 4.78 is 70.3. The second-order valence-electron chi connectivity index (χ2n) is 17.9. The van der Waals surface area contributed by atoms with E-state index in [2.05, 4.69) is 33.8 Å². The van der Waals surface area contributed by atoms with E-state index >= 15 is 0 Å². The summed E-state index contributed by atoms with van der Waals surface area (Å²) in [4.78, 5) is 73.3. The van der Waals surface area contributed by atoms with Crippen molar-refractivity contribution in [1.82, 2.24) is 20.1 Å². The molecule has 2 aliphatic rings. The van der Waals surface area contributed by atoms with Crippen LogP contribution in [-0.4, -0.2) is 82.1 Å². The van der Waals surface area contributed by atoms with Gasteiger partial charge in [0.25, 0.3) is 31.9 Å². The number of carbonyl (C=O) groups is 6. The zero-order chi connectivity index (χ0) is 49.7. The molecule has 0 radical (unpaired) electrons. The number of nitrogens with one attached hydrogen (secondary N) is 5. The predicted octanol–water partition coefficient (Wildman–Crippen LogP) is 5.74. The van der Waals surface area contributed by atoms with E-state index in [0.717, 1.165) is 32.1 Å². The number of sulfonamides is 2. The Kier molecular flexibility index (Phi) is 18.5. The van der Waals surface area contributed by atoms with Crippen molar-refractivity contribution in [3.05, 3.63) is 73.8 Å². The van der Waals surface area contributed by atoms with Crippen LogP contribution in [0.25, 0.3) is 0 Å². The predicted molar refractivity (Wildman–Crippen MR) is 246 cm³/mol. The lowest BCUT2D eigenvalue weighted by molar-refractivity contribution is -0.140. The number of benzene rings is 2. The number of methoxy groups -OCH3 is 1. The molecular weight excluding hydrogens is 897 g/mol. The highest BCUT2D eigenvalue weighted by atomic mass is 32.2. The molecule has 2 aromatic carbocycles. The molecule has 0 spiro atoms. The van der Waals surface area contributed by atoms with E-state index in [4.69, 9.17) is 15.2 Å². The van der Waals surface area contributed by atoms with Gasteiger partial charge in [0.05, 0.1) is 18.5 Å². The van der Waals surface area contributed by atoms with E-state index in [9.17, 15) is 45.6 Å². The highest BCUT2D eigenvalue weighted by molar-refractivity contribution is 7.90. The fourth-order valence-electron chi connectivity index (χ4n) is 6.68. The second kappa shape index (κ2) is 22.5. The molecule has 4 rings (SSSR count). The average molecular weight is 961 g/mol. The third-order valence-corrected chi connectivity index (χ3v) is 13.0. The molecular formula is C45H64N6O13S2. The fraction of sp³-hybridized carbons (Fsp3) is 0.511. The first-order valence-electron chi connectivity index (χ1n) is 21.4. The molecule has 19 nitrogen and oxygen atoms in total. The third kappa shape index (κ3) is 15.9. The van der Waals surface area contributed by atoms with E-state index in [0.29, 0.717) is 12.8 Å². The van der Waals surface area contributed by atoms with Gasteiger partial charge in [0.15, 0.2) is 0 Å². The van der Waals surface area contributed by atoms with Crippen molar-refractivity contribution in [2.24, 2.45) is 11.8 Å². The van der Waals surface area contributed by atoms with E-state index in [-0.39, 0.29) is 52.3 Å². The molecule has 2 fully saturated rings. The Morgan fingerprint density at radius 1 is 0.667 bits per heavy atom. The van der Waals surface area contributed by atoms with E-state index < -0.39 is 78.2 Å². The Morgan fingerprint density at radius 2 is 1.08 bits per heavy atom. The third-order valence-electron chi connectivity index (χ3n) is 10.2. The Labute approximate surface area is 387 Å². The van der Waals surface area contributed by atoms with Crippen LogP contribution in [0.15, 0.2) is 83.6 Å². The molecule has 4 atom stereocenters. The first-order valence-corrected chi connectivity index (χ1v) is 24.3. The Hall–Kier alpha value is -5.96. The zero-order valence-corrected chi connectivity index (χ0v) is 40.2. The standard InChI is InChI=1S/C28H41N3O8S.C17H23N3O5S/c1-6-20-19-28(20,30-26(35)39-27(2,3)4)25(34)31-40(36,37)22-16-14-13-15-21(22)29-23(32)17-11-9-7-8-10-12-18-24(33)38-5;1-5-11-10-17(11,19-15(22)25-16(2,3)4)14(21)20-26(23,24)13-9-7-6-8-12(13)18/h6,13-16,20H,1,7-12,17-19H2,2-5H3,(H,29,32)(H,30,35)(H,31,34);5-9,11H,1,10,18H2,2-4H3,(H,19,22)(H,20,21)/t20-,28-;11-,17-/m11/s1. The summed E-state index contributed by atoms with van der Waals surface area (Å²) >= 11 is 0. The van der Waals surface area contributed by atoms with E-state index in [1.165, 1.54) is 55.7 Å². The Balaban J connectivity index is 0.000000383. The Morgan fingerprint density at radius 3 is 1.50 bits per heavy atom. The number of hydrogen-bond acceptors (Lipinski definition) is 14. The van der Waals surface area contributed by atoms with Crippen LogP contribution in [0, 0.1) is 11.8 Å². The lowest BCUT2D eigenvalue weighted by Gasteiger charge is -2.23. The molecule has 0 saturated heterocycles. The fourth-order valence-corrected chi connectivity index (χ4v) is 9.06. The maximum absolute atomic E-state index is 13.2. The van der Waals surface area contributed by atoms with Gasteiger partial charge in [-0.15, -0.1) is 13.2 Å². The van der Waals surface area contributed by atoms with E-state index in [1.807, 2.05) is 9.44 Å². The quantitative estimate of drug-likeness (QED) is 0.0304. The minimum Gasteiger partial charge on any atom is -0.469 e. The van der Waals surface area contributed by atoms with Gasteiger partial charge >= 0.3 is 18.2 Å². The number of nitrogens with two attached hydrogens (primary N) is 1. The van der Waals surface area contributed by atoms with Crippen molar-refractivity contribution in [3.63, 3.8) is 0 Å². The van der Waals surface area contributed by atoms with Gasteiger partial charge in [0.1, 0.15) is 32.1 Å². The van der Waals surface area contributed by atoms with Crippen LogP contribution < -0.4 is 31.1 Å². The summed E-state index contributed by atoms with van der Waals surface area (Å²) in [5.41, 5.74) is 1.24. The van der Waals surface area contributed by atoms with Crippen molar-refractivity contribution in [2.75, 3.05) is 18.2 Å². The van der Waals surface area contributed by atoms with Crippen molar-refractivity contribution in [3.8, 4) is 0 Å². The molecule has 5 amide bonds. The number of unbranched alkanes of at least 4 members (excludes halogenated alkanes) is 5. The highest BCUT2D eigenvalue weighted by Crippen LogP contribution is 2.46. The molecule has 0 aliphatic heterocycles. The van der Waals surface area contributed by atoms with Gasteiger partial charge in [0, 0.05) is 24.7 Å². The molecule has 0 bridgehead atoms. The smallest absolute Gasteiger partial charge is 0.408 e. The normalized spacial score (nSPS) is 19.8. The van der Waals surface area contributed by atoms with E-state index in [1.54, 1.807) is 53.7 Å². The SMILES string of the molecule is C=C[C@@H]1C[C@]1(NC(=O)OC(C)(C)C)C(=O)NS(=O)(=O)c1ccccc1N.C=C[C@@H]1C[C@]1(NC(=O)OC(C)(C)C)C(=O)NS(=O)(=O)c1ccccc1NC(=O)CCCCCCCCC(=O)OC. The Bertz CT molecular complexity index is 2360. The number of anilines is 2. The summed E-state index contributed by atoms with van der Waals surface area (Å²) in [6, 6.07) is 11.6. The first-order chi connectivity index (χ1) is 30.6. The molecule has 364 valence electrons. The first kappa shape index (κ1) is 54.4. The average Bonchev–Trinajstić information content (AvgIpc) is 4.12. The molecule has 2 aromatic rings. The number of esters is 1. The van der Waals surface area contributed by atoms with Crippen LogP contribution in [0.1, 0.15) is 106 Å². The minimum atomic E-state index is -4.40. The summed E-state index contributed by atoms with van der Waals surface area (Å²) in [6.07, 6.45) is 7.25. The monoisotopic (exact) mass is 960 g/mol. The minimum absolute atomic E-state index is 0.0121. The summed E-state index contributed by atoms with van der Waals surface area (Å²) in [7, 11) is -7.22. The molecule has 21 heteroatoms. The maximum atomic E-state index is 13.2. The highest BCUT2D eigenvalue weighted by Gasteiger charge is 2.62. The van der Waals surface area contributed by atoms with Crippen molar-refractivity contribution in [2.45, 2.75) is 138 Å². The molecule has 0 heterocycles. The lowest BCUT2D eigenvalue weighted by atomic mass is 10.1. The van der Waals surface area contributed by atoms with Gasteiger partial charge in [-0.1, -0.05) is 62.1 Å². The zero-order valence-electron chi connectivity index (χ0n) is 38.6. The van der Waals surface area contributed by atoms with Crippen LogP contribution in [0.2, 0.25) is 0 Å². The number of hydrogen-bond donors (Lipinski definition) is 6. The molecule has 7 N–H and O–H groups in total. The van der Waals surface area contributed by atoms with Gasteiger partial charge in [-0.2, -0.15) is 0 Å². The molecule has 2 aliphatic carbocycles. The van der Waals surface area contributed by atoms with Crippen LogP contribution in [0.4, 0.5) is 21.0 Å². The van der Waals surface area contributed by atoms with Crippen LogP contribution >= 0.6 is 0 Å². The number of alkyl carbamates (subject to hydrolysis) is 2. The number of carbonyl (C=O) groups excluding carboxylic acids is 6. The molecule has 2 saturated carbocycles. The van der Waals surface area contributed by atoms with Gasteiger partial charge in [-0.3, -0.25) is 19.2 Å². The molecule has 0 unspecified atom stereocenters. The maximum Gasteiger partial charge on any atom is 0.408 e. The molecule has 66 heavy (non-hydrogen) atoms. The van der Waals surface area contributed by atoms with Gasteiger partial charge in [0.2, 0.25) is 5.91 Å². The number of para-hydroxylation sites is 2. The van der Waals surface area contributed by atoms with Crippen LogP contribution in [0.5, 0.6) is 0 Å². The summed E-state index contributed by atoms with van der Waals surface area (Å²) in [5, 5.41) is 7.60. The van der Waals surface area contributed by atoms with Crippen molar-refractivity contribution >= 4 is 67.3 Å². The number of rotatable bonds is 20. The molecule has 0 aromatic heterocycles. The van der Waals surface area contributed by atoms with Crippen molar-refractivity contribution < 1.29 is 59.8 Å². The van der Waals surface area contributed by atoms with Gasteiger partial charge in [-0.25, -0.2) is 35.9 Å². The van der Waals surface area contributed by atoms with Gasteiger partial charge in [-0.05, 0) is 91.5 Å². The van der Waals surface area contributed by atoms with Crippen LogP contribution in [0.3, 0.4) is 0 Å². The largest absolute Gasteiger partial charge is 0.469 e. The summed E-state index contributed by atoms with van der Waals surface area (Å²) in [6.45, 7) is 17.3. The number of ether oxygens (including phenoxy) is 3.